The van der Waals surface area contributed by atoms with Crippen molar-refractivity contribution in [3.63, 3.8) is 0 Å². The van der Waals surface area contributed by atoms with Gasteiger partial charge in [0.25, 0.3) is 0 Å². The fourth-order valence-corrected chi connectivity index (χ4v) is 5.01. The third-order valence-corrected chi connectivity index (χ3v) is 6.71. The Kier molecular flexibility index (Phi) is 6.49. The predicted molar refractivity (Wildman–Crippen MR) is 121 cm³/mol. The Hall–Kier alpha value is -2.76. The fourth-order valence-electron chi connectivity index (χ4n) is 3.38. The van der Waals surface area contributed by atoms with Crippen molar-refractivity contribution in [2.24, 2.45) is 0 Å². The minimum atomic E-state index is 0.0212. The Bertz CT molecular complexity index is 988. The van der Waals surface area contributed by atoms with Crippen LogP contribution in [-0.2, 0) is 11.2 Å². The molecule has 0 spiro atoms. The van der Waals surface area contributed by atoms with E-state index < -0.39 is 0 Å². The van der Waals surface area contributed by atoms with E-state index in [-0.39, 0.29) is 11.8 Å². The van der Waals surface area contributed by atoms with Crippen LogP contribution < -0.4 is 5.32 Å². The molecular weight excluding hydrogens is 396 g/mol. The Morgan fingerprint density at radius 3 is 2.21 bits per heavy atom. The first-order valence-corrected chi connectivity index (χ1v) is 11.4. The van der Waals surface area contributed by atoms with E-state index in [2.05, 4.69) is 64.9 Å². The van der Waals surface area contributed by atoms with E-state index in [0.29, 0.717) is 13.0 Å². The van der Waals surface area contributed by atoms with Gasteiger partial charge in [-0.1, -0.05) is 66.7 Å². The first-order chi connectivity index (χ1) is 14.3. The molecule has 0 aliphatic rings. The number of hydrogen-bond acceptors (Lipinski definition) is 4. The molecule has 0 aliphatic heterocycles. The summed E-state index contributed by atoms with van der Waals surface area (Å²) in [5.74, 6) is 0.287. The Labute approximate surface area is 179 Å². The molecule has 0 radical (unpaired) electrons. The zero-order valence-corrected chi connectivity index (χ0v) is 17.6. The van der Waals surface area contributed by atoms with Crippen molar-refractivity contribution in [2.75, 3.05) is 6.54 Å². The number of aromatic nitrogens is 1. The maximum Gasteiger partial charge on any atom is 0.226 e. The second-order valence-electron chi connectivity index (χ2n) is 6.81. The van der Waals surface area contributed by atoms with Gasteiger partial charge >= 0.3 is 0 Å². The Morgan fingerprint density at radius 2 is 1.59 bits per heavy atom. The quantitative estimate of drug-likeness (QED) is 0.396. The molecule has 0 unspecified atom stereocenters. The van der Waals surface area contributed by atoms with E-state index in [0.717, 1.165) is 22.0 Å². The van der Waals surface area contributed by atoms with E-state index in [4.69, 9.17) is 0 Å². The lowest BCUT2D eigenvalue weighted by atomic mass is 9.88. The third-order valence-electron chi connectivity index (χ3n) is 4.78. The molecule has 29 heavy (non-hydrogen) atoms. The van der Waals surface area contributed by atoms with Gasteiger partial charge in [0.2, 0.25) is 5.91 Å². The van der Waals surface area contributed by atoms with Crippen LogP contribution in [0, 0.1) is 0 Å². The van der Waals surface area contributed by atoms with Gasteiger partial charge in [-0.3, -0.25) is 4.79 Å². The normalized spacial score (nSPS) is 10.9. The molecule has 0 saturated carbocycles. The molecular formula is C24H22N2OS2. The van der Waals surface area contributed by atoms with Gasteiger partial charge in [0.1, 0.15) is 5.01 Å². The van der Waals surface area contributed by atoms with Crippen LogP contribution in [0.4, 0.5) is 0 Å². The summed E-state index contributed by atoms with van der Waals surface area (Å²) in [5.41, 5.74) is 3.37. The topological polar surface area (TPSA) is 42.0 Å². The molecule has 146 valence electrons. The summed E-state index contributed by atoms with van der Waals surface area (Å²) in [7, 11) is 0. The zero-order chi connectivity index (χ0) is 19.9. The average Bonchev–Trinajstić information content (AvgIpc) is 3.44. The maximum absolute atomic E-state index is 12.4. The lowest BCUT2D eigenvalue weighted by molar-refractivity contribution is -0.120. The highest BCUT2D eigenvalue weighted by Gasteiger charge is 2.15. The molecule has 1 amide bonds. The number of nitrogens with one attached hydrogen (secondary N) is 1. The number of carbonyl (C=O) groups is 1. The van der Waals surface area contributed by atoms with E-state index in [1.807, 2.05) is 29.0 Å². The summed E-state index contributed by atoms with van der Waals surface area (Å²) in [5, 5.41) is 8.07. The molecule has 4 aromatic rings. The van der Waals surface area contributed by atoms with Gasteiger partial charge < -0.3 is 5.32 Å². The highest BCUT2D eigenvalue weighted by molar-refractivity contribution is 7.20. The molecule has 0 aliphatic carbocycles. The smallest absolute Gasteiger partial charge is 0.226 e. The van der Waals surface area contributed by atoms with E-state index >= 15 is 0 Å². The number of nitrogens with zero attached hydrogens (tertiary/aromatic N) is 1. The number of amides is 1. The van der Waals surface area contributed by atoms with Crippen molar-refractivity contribution in [2.45, 2.75) is 18.8 Å². The van der Waals surface area contributed by atoms with Crippen molar-refractivity contribution in [3.05, 3.63) is 100 Å². The summed E-state index contributed by atoms with van der Waals surface area (Å²) >= 11 is 3.26. The number of hydrogen-bond donors (Lipinski definition) is 1. The molecule has 1 N–H and O–H groups in total. The summed E-state index contributed by atoms with van der Waals surface area (Å²) in [6, 6.07) is 25.0. The number of carbonyl (C=O) groups excluding carboxylic acids is 1. The van der Waals surface area contributed by atoms with Gasteiger partial charge in [0.05, 0.1) is 17.0 Å². The summed E-state index contributed by atoms with van der Waals surface area (Å²) < 4.78 is 0. The molecule has 0 atom stereocenters. The first-order valence-electron chi connectivity index (χ1n) is 9.64. The van der Waals surface area contributed by atoms with Crippen LogP contribution in [0.2, 0.25) is 0 Å². The van der Waals surface area contributed by atoms with Crippen LogP contribution in [0.1, 0.15) is 29.2 Å². The molecule has 2 aromatic heterocycles. The molecule has 0 fully saturated rings. The third kappa shape index (κ3) is 5.19. The highest BCUT2D eigenvalue weighted by Crippen LogP contribution is 2.28. The minimum Gasteiger partial charge on any atom is -0.356 e. The monoisotopic (exact) mass is 418 g/mol. The SMILES string of the molecule is O=C(Cc1csc(-c2cccs2)n1)NCCC(c1ccccc1)c1ccccc1. The number of thiazole rings is 1. The first kappa shape index (κ1) is 19.6. The van der Waals surface area contributed by atoms with Crippen molar-refractivity contribution in [1.29, 1.82) is 0 Å². The van der Waals surface area contributed by atoms with Crippen molar-refractivity contribution < 1.29 is 4.79 Å². The number of rotatable bonds is 8. The molecule has 5 heteroatoms. The minimum absolute atomic E-state index is 0.0212. The van der Waals surface area contributed by atoms with Gasteiger partial charge in [-0.05, 0) is 29.0 Å². The van der Waals surface area contributed by atoms with Crippen molar-refractivity contribution >= 4 is 28.6 Å². The molecule has 4 rings (SSSR count). The Morgan fingerprint density at radius 1 is 0.897 bits per heavy atom. The van der Waals surface area contributed by atoms with Crippen LogP contribution in [0.3, 0.4) is 0 Å². The van der Waals surface area contributed by atoms with Crippen LogP contribution in [0.15, 0.2) is 83.6 Å². The standard InChI is InChI=1S/C24H22N2OS2/c27-23(16-20-17-29-24(26-20)22-12-7-15-28-22)25-14-13-21(18-8-3-1-4-9-18)19-10-5-2-6-11-19/h1-12,15,17,21H,13-14,16H2,(H,25,27). The van der Waals surface area contributed by atoms with Gasteiger partial charge in [-0.15, -0.1) is 22.7 Å². The zero-order valence-electron chi connectivity index (χ0n) is 16.0. The lowest BCUT2D eigenvalue weighted by Gasteiger charge is -2.18. The van der Waals surface area contributed by atoms with Gasteiger partial charge in [0.15, 0.2) is 0 Å². The number of thiophene rings is 1. The largest absolute Gasteiger partial charge is 0.356 e. The fraction of sp³-hybridized carbons (Fsp3) is 0.167. The molecule has 3 nitrogen and oxygen atoms in total. The summed E-state index contributed by atoms with van der Waals surface area (Å²) in [6.45, 7) is 0.634. The highest BCUT2D eigenvalue weighted by atomic mass is 32.1. The van der Waals surface area contributed by atoms with Gasteiger partial charge in [0, 0.05) is 17.8 Å². The molecule has 0 saturated heterocycles. The Balaban J connectivity index is 1.34. The second kappa shape index (κ2) is 9.63. The maximum atomic E-state index is 12.4. The summed E-state index contributed by atoms with van der Waals surface area (Å²) in [4.78, 5) is 18.2. The van der Waals surface area contributed by atoms with Crippen LogP contribution in [-0.4, -0.2) is 17.4 Å². The van der Waals surface area contributed by atoms with Gasteiger partial charge in [-0.2, -0.15) is 0 Å². The van der Waals surface area contributed by atoms with Gasteiger partial charge in [-0.25, -0.2) is 4.98 Å². The molecule has 2 heterocycles. The molecule has 0 bridgehead atoms. The van der Waals surface area contributed by atoms with Crippen molar-refractivity contribution in [3.8, 4) is 9.88 Å². The average molecular weight is 419 g/mol. The van der Waals surface area contributed by atoms with E-state index in [1.54, 1.807) is 22.7 Å². The van der Waals surface area contributed by atoms with Crippen LogP contribution in [0.5, 0.6) is 0 Å². The molecule has 2 aromatic carbocycles. The van der Waals surface area contributed by atoms with Crippen LogP contribution in [0.25, 0.3) is 9.88 Å². The predicted octanol–water partition coefficient (Wildman–Crippen LogP) is 5.75. The number of benzene rings is 2. The lowest BCUT2D eigenvalue weighted by Crippen LogP contribution is -2.27. The van der Waals surface area contributed by atoms with E-state index in [9.17, 15) is 4.79 Å². The van der Waals surface area contributed by atoms with Crippen LogP contribution >= 0.6 is 22.7 Å². The van der Waals surface area contributed by atoms with E-state index in [1.165, 1.54) is 11.1 Å². The summed E-state index contributed by atoms with van der Waals surface area (Å²) in [6.07, 6.45) is 1.18. The second-order valence-corrected chi connectivity index (χ2v) is 8.62. The van der Waals surface area contributed by atoms with Crippen molar-refractivity contribution in [1.82, 2.24) is 10.3 Å².